The van der Waals surface area contributed by atoms with Crippen LogP contribution < -0.4 is 4.74 Å². The van der Waals surface area contributed by atoms with Gasteiger partial charge >= 0.3 is 0 Å². The minimum atomic E-state index is -0.355. The van der Waals surface area contributed by atoms with Crippen molar-refractivity contribution in [3.05, 3.63) is 56.6 Å². The largest absolute Gasteiger partial charge is 0.507 e. The summed E-state index contributed by atoms with van der Waals surface area (Å²) >= 11 is 0. The van der Waals surface area contributed by atoms with E-state index in [0.717, 1.165) is 24.0 Å². The minimum Gasteiger partial charge on any atom is -0.507 e. The summed E-state index contributed by atoms with van der Waals surface area (Å²) in [5, 5.41) is 20.7. The maximum atomic E-state index is 11.2. The average Bonchev–Trinajstić information content (AvgIpc) is 3.00. The van der Waals surface area contributed by atoms with E-state index in [1.54, 1.807) is 13.0 Å². The van der Waals surface area contributed by atoms with E-state index in [4.69, 9.17) is 4.74 Å². The Morgan fingerprint density at radius 3 is 2.70 bits per heavy atom. The second kappa shape index (κ2) is 5.72. The first-order chi connectivity index (χ1) is 11.0. The topological polar surface area (TPSA) is 89.7 Å². The third-order valence-corrected chi connectivity index (χ3v) is 4.06. The van der Waals surface area contributed by atoms with Crippen LogP contribution >= 0.6 is 0 Å². The van der Waals surface area contributed by atoms with Gasteiger partial charge in [0.2, 0.25) is 0 Å². The molecule has 1 N–H and O–H groups in total. The molecule has 0 amide bonds. The highest BCUT2D eigenvalue weighted by Gasteiger charge is 2.27. The molecule has 1 aliphatic carbocycles. The summed E-state index contributed by atoms with van der Waals surface area (Å²) in [5.41, 5.74) is 2.54. The van der Waals surface area contributed by atoms with E-state index >= 15 is 0 Å². The zero-order valence-electron chi connectivity index (χ0n) is 12.5. The number of fused-ring (bicyclic) bond motifs is 1. The predicted octanol–water partition coefficient (Wildman–Crippen LogP) is 3.70. The number of nitrogens with zero attached hydrogens (tertiary/aromatic N) is 1. The Morgan fingerprint density at radius 1 is 1.26 bits per heavy atom. The van der Waals surface area contributed by atoms with Crippen LogP contribution in [-0.2, 0) is 12.8 Å². The number of nitro groups is 1. The maximum Gasteiger partial charge on any atom is 0.273 e. The van der Waals surface area contributed by atoms with Gasteiger partial charge in [0.25, 0.3) is 5.69 Å². The van der Waals surface area contributed by atoms with Crippen LogP contribution in [0.4, 0.5) is 5.69 Å². The first kappa shape index (κ1) is 15.0. The fourth-order valence-electron chi connectivity index (χ4n) is 2.99. The number of phenols is 1. The van der Waals surface area contributed by atoms with Gasteiger partial charge < -0.3 is 9.84 Å². The number of ether oxygens (including phenoxy) is 1. The molecule has 0 saturated carbocycles. The van der Waals surface area contributed by atoms with Crippen molar-refractivity contribution in [1.29, 1.82) is 0 Å². The lowest BCUT2D eigenvalue weighted by Gasteiger charge is -2.14. The van der Waals surface area contributed by atoms with Crippen molar-refractivity contribution in [2.24, 2.45) is 0 Å². The molecular weight excluding hydrogens is 298 g/mol. The van der Waals surface area contributed by atoms with Crippen LogP contribution in [0.3, 0.4) is 0 Å². The van der Waals surface area contributed by atoms with E-state index in [1.165, 1.54) is 18.2 Å². The molecule has 23 heavy (non-hydrogen) atoms. The number of aldehydes is 1. The van der Waals surface area contributed by atoms with Gasteiger partial charge in [-0.15, -0.1) is 0 Å². The summed E-state index contributed by atoms with van der Waals surface area (Å²) in [6.07, 6.45) is 2.80. The lowest BCUT2D eigenvalue weighted by atomic mass is 10.0. The first-order valence-corrected chi connectivity index (χ1v) is 7.27. The quantitative estimate of drug-likeness (QED) is 0.528. The van der Waals surface area contributed by atoms with Crippen LogP contribution in [0.15, 0.2) is 24.3 Å². The Morgan fingerprint density at radius 2 is 2.00 bits per heavy atom. The summed E-state index contributed by atoms with van der Waals surface area (Å²) in [5.74, 6) is 0.902. The minimum absolute atomic E-state index is 0.113. The third kappa shape index (κ3) is 2.63. The Labute approximate surface area is 132 Å². The average molecular weight is 313 g/mol. The zero-order valence-corrected chi connectivity index (χ0v) is 12.5. The summed E-state index contributed by atoms with van der Waals surface area (Å²) < 4.78 is 5.89. The first-order valence-electron chi connectivity index (χ1n) is 7.27. The third-order valence-electron chi connectivity index (χ3n) is 4.06. The van der Waals surface area contributed by atoms with E-state index in [9.17, 15) is 20.0 Å². The maximum absolute atomic E-state index is 11.2. The normalized spacial score (nSPS) is 12.7. The molecule has 0 saturated heterocycles. The fraction of sp³-hybridized carbons (Fsp3) is 0.235. The second-order valence-electron chi connectivity index (χ2n) is 5.55. The zero-order chi connectivity index (χ0) is 16.6. The van der Waals surface area contributed by atoms with E-state index in [2.05, 4.69) is 0 Å². The van der Waals surface area contributed by atoms with Crippen LogP contribution in [0.5, 0.6) is 17.2 Å². The molecule has 118 valence electrons. The van der Waals surface area contributed by atoms with Crippen molar-refractivity contribution in [1.82, 2.24) is 0 Å². The number of benzene rings is 2. The molecule has 0 radical (unpaired) electrons. The van der Waals surface area contributed by atoms with Gasteiger partial charge in [-0.3, -0.25) is 14.9 Å². The second-order valence-corrected chi connectivity index (χ2v) is 5.55. The van der Waals surface area contributed by atoms with Crippen LogP contribution in [0, 0.1) is 17.0 Å². The van der Waals surface area contributed by atoms with E-state index in [-0.39, 0.29) is 21.9 Å². The molecule has 0 atom stereocenters. The number of rotatable bonds is 4. The van der Waals surface area contributed by atoms with Gasteiger partial charge in [0.05, 0.1) is 10.5 Å². The van der Waals surface area contributed by atoms with Crippen molar-refractivity contribution in [2.45, 2.75) is 26.2 Å². The van der Waals surface area contributed by atoms with E-state index in [1.807, 2.05) is 0 Å². The SMILES string of the molecule is Cc1cc([N+](=O)[O-])c2c(c1Oc1ccc(O)c(C=O)c1)CCC2. The monoisotopic (exact) mass is 313 g/mol. The summed E-state index contributed by atoms with van der Waals surface area (Å²) in [6.45, 7) is 1.77. The lowest BCUT2D eigenvalue weighted by molar-refractivity contribution is -0.385. The fourth-order valence-corrected chi connectivity index (χ4v) is 2.99. The molecule has 1 aliphatic rings. The number of carbonyl (C=O) groups is 1. The molecule has 0 spiro atoms. The van der Waals surface area contributed by atoms with Crippen LogP contribution in [-0.4, -0.2) is 16.3 Å². The van der Waals surface area contributed by atoms with E-state index in [0.29, 0.717) is 29.8 Å². The van der Waals surface area contributed by atoms with E-state index < -0.39 is 0 Å². The molecule has 0 aliphatic heterocycles. The van der Waals surface area contributed by atoms with Gasteiger partial charge in [0.15, 0.2) is 6.29 Å². The van der Waals surface area contributed by atoms with Gasteiger partial charge in [-0.05, 0) is 49.9 Å². The van der Waals surface area contributed by atoms with Crippen molar-refractivity contribution in [3.8, 4) is 17.2 Å². The van der Waals surface area contributed by atoms with Gasteiger partial charge in [0.1, 0.15) is 17.2 Å². The molecular formula is C17H15NO5. The van der Waals surface area contributed by atoms with Crippen molar-refractivity contribution >= 4 is 12.0 Å². The molecule has 0 aromatic heterocycles. The highest BCUT2D eigenvalue weighted by atomic mass is 16.6. The molecule has 0 unspecified atom stereocenters. The van der Waals surface area contributed by atoms with Crippen molar-refractivity contribution in [3.63, 3.8) is 0 Å². The van der Waals surface area contributed by atoms with Crippen molar-refractivity contribution < 1.29 is 19.6 Å². The highest BCUT2D eigenvalue weighted by Crippen LogP contribution is 2.41. The van der Waals surface area contributed by atoms with Crippen molar-refractivity contribution in [2.75, 3.05) is 0 Å². The molecule has 0 bridgehead atoms. The molecule has 2 aromatic rings. The van der Waals surface area contributed by atoms with Crippen LogP contribution in [0.25, 0.3) is 0 Å². The van der Waals surface area contributed by atoms with Gasteiger partial charge in [0, 0.05) is 17.2 Å². The van der Waals surface area contributed by atoms with Gasteiger partial charge in [-0.1, -0.05) is 0 Å². The Hall–Kier alpha value is -2.89. The van der Waals surface area contributed by atoms with Gasteiger partial charge in [-0.2, -0.15) is 0 Å². The molecule has 6 nitrogen and oxygen atoms in total. The van der Waals surface area contributed by atoms with Crippen LogP contribution in [0.2, 0.25) is 0 Å². The molecule has 0 heterocycles. The smallest absolute Gasteiger partial charge is 0.273 e. The Bertz CT molecular complexity index is 813. The number of nitro benzene ring substituents is 1. The molecule has 2 aromatic carbocycles. The lowest BCUT2D eigenvalue weighted by Crippen LogP contribution is -2.00. The Kier molecular flexibility index (Phi) is 3.73. The number of hydrogen-bond donors (Lipinski definition) is 1. The number of aryl methyl sites for hydroxylation is 1. The standard InChI is InChI=1S/C17H15NO5/c1-10-7-15(18(21)22)13-3-2-4-14(13)17(10)23-12-5-6-16(20)11(8-12)9-19/h5-9,20H,2-4H2,1H3. The van der Waals surface area contributed by atoms with Crippen LogP contribution in [0.1, 0.15) is 33.5 Å². The number of hydrogen-bond acceptors (Lipinski definition) is 5. The summed E-state index contributed by atoms with van der Waals surface area (Å²) in [7, 11) is 0. The van der Waals surface area contributed by atoms with Gasteiger partial charge in [-0.25, -0.2) is 0 Å². The highest BCUT2D eigenvalue weighted by molar-refractivity contribution is 5.80. The summed E-state index contributed by atoms with van der Waals surface area (Å²) in [4.78, 5) is 21.8. The number of carbonyl (C=O) groups excluding carboxylic acids is 1. The molecule has 0 fully saturated rings. The molecule has 3 rings (SSSR count). The number of aromatic hydroxyl groups is 1. The molecule has 6 heteroatoms. The Balaban J connectivity index is 2.06. The summed E-state index contributed by atoms with van der Waals surface area (Å²) in [6, 6.07) is 5.93. The predicted molar refractivity (Wildman–Crippen MR) is 83.4 cm³/mol. The number of phenolic OH excluding ortho intramolecular Hbond substituents is 1.